The van der Waals surface area contributed by atoms with E-state index < -0.39 is 5.54 Å². The molecule has 5 nitrogen and oxygen atoms in total. The second kappa shape index (κ2) is 7.83. The number of aryl methyl sites for hydroxylation is 2. The number of hydrogen-bond donors (Lipinski definition) is 2. The third kappa shape index (κ3) is 5.16. The van der Waals surface area contributed by atoms with Crippen LogP contribution < -0.4 is 11.1 Å². The zero-order chi connectivity index (χ0) is 18.6. The fourth-order valence-corrected chi connectivity index (χ4v) is 3.25. The SMILES string of the molecule is Cc1cc(C)n(Cc2cccc(C(=O)NC(C)(CN)CC(C)C)c2)n1. The number of carbonyl (C=O) groups excluding carboxylic acids is 1. The van der Waals surface area contributed by atoms with Crippen molar-refractivity contribution in [2.45, 2.75) is 53.1 Å². The zero-order valence-electron chi connectivity index (χ0n) is 16.0. The van der Waals surface area contributed by atoms with Crippen molar-refractivity contribution in [3.05, 3.63) is 52.8 Å². The minimum absolute atomic E-state index is 0.0798. The van der Waals surface area contributed by atoms with Crippen LogP contribution in [0.25, 0.3) is 0 Å². The average molecular weight is 342 g/mol. The lowest BCUT2D eigenvalue weighted by Crippen LogP contribution is -2.52. The van der Waals surface area contributed by atoms with E-state index in [0.717, 1.165) is 23.4 Å². The molecule has 1 unspecified atom stereocenters. The number of aromatic nitrogens is 2. The number of nitrogens with one attached hydrogen (secondary N) is 1. The van der Waals surface area contributed by atoms with Gasteiger partial charge < -0.3 is 11.1 Å². The predicted molar refractivity (Wildman–Crippen MR) is 102 cm³/mol. The van der Waals surface area contributed by atoms with Gasteiger partial charge in [-0.3, -0.25) is 9.48 Å². The fraction of sp³-hybridized carbons (Fsp3) is 0.500. The van der Waals surface area contributed by atoms with Gasteiger partial charge >= 0.3 is 0 Å². The quantitative estimate of drug-likeness (QED) is 0.812. The third-order valence-electron chi connectivity index (χ3n) is 4.35. The fourth-order valence-electron chi connectivity index (χ4n) is 3.25. The van der Waals surface area contributed by atoms with Crippen molar-refractivity contribution in [3.8, 4) is 0 Å². The molecule has 0 fully saturated rings. The summed E-state index contributed by atoms with van der Waals surface area (Å²) in [6.07, 6.45) is 0.848. The van der Waals surface area contributed by atoms with Crippen LogP contribution >= 0.6 is 0 Å². The van der Waals surface area contributed by atoms with Crippen molar-refractivity contribution in [1.29, 1.82) is 0 Å². The molecule has 3 N–H and O–H groups in total. The normalized spacial score (nSPS) is 13.7. The van der Waals surface area contributed by atoms with Crippen LogP contribution in [0.15, 0.2) is 30.3 Å². The molecule has 136 valence electrons. The molecule has 1 amide bonds. The van der Waals surface area contributed by atoms with Crippen LogP contribution in [-0.2, 0) is 6.54 Å². The van der Waals surface area contributed by atoms with Crippen LogP contribution in [0, 0.1) is 19.8 Å². The topological polar surface area (TPSA) is 72.9 Å². The van der Waals surface area contributed by atoms with Crippen molar-refractivity contribution < 1.29 is 4.79 Å². The van der Waals surface area contributed by atoms with E-state index in [4.69, 9.17) is 5.73 Å². The highest BCUT2D eigenvalue weighted by atomic mass is 16.1. The average Bonchev–Trinajstić information content (AvgIpc) is 2.84. The van der Waals surface area contributed by atoms with Gasteiger partial charge in [-0.1, -0.05) is 26.0 Å². The summed E-state index contributed by atoms with van der Waals surface area (Å²) < 4.78 is 1.95. The smallest absolute Gasteiger partial charge is 0.251 e. The van der Waals surface area contributed by atoms with Gasteiger partial charge in [0, 0.05) is 23.3 Å². The molecule has 0 saturated carbocycles. The van der Waals surface area contributed by atoms with Crippen molar-refractivity contribution in [2.24, 2.45) is 11.7 Å². The van der Waals surface area contributed by atoms with Crippen LogP contribution in [0.4, 0.5) is 0 Å². The maximum atomic E-state index is 12.7. The molecule has 0 saturated heterocycles. The third-order valence-corrected chi connectivity index (χ3v) is 4.35. The van der Waals surface area contributed by atoms with Gasteiger partial charge in [0.15, 0.2) is 0 Å². The first-order valence-corrected chi connectivity index (χ1v) is 8.85. The van der Waals surface area contributed by atoms with Gasteiger partial charge in [-0.05, 0) is 56.9 Å². The Labute approximate surface area is 150 Å². The monoisotopic (exact) mass is 342 g/mol. The standard InChI is InChI=1S/C20H30N4O/c1-14(2)11-20(5,13-21)22-19(25)18-8-6-7-17(10-18)12-24-16(4)9-15(3)23-24/h6-10,14H,11-13,21H2,1-5H3,(H,22,25). The van der Waals surface area contributed by atoms with E-state index in [0.29, 0.717) is 24.6 Å². The lowest BCUT2D eigenvalue weighted by Gasteiger charge is -2.31. The summed E-state index contributed by atoms with van der Waals surface area (Å²) in [6.45, 7) is 11.4. The number of carbonyl (C=O) groups is 1. The number of benzene rings is 1. The summed E-state index contributed by atoms with van der Waals surface area (Å²) in [5, 5.41) is 7.60. The maximum absolute atomic E-state index is 12.7. The molecule has 0 spiro atoms. The molecule has 1 atom stereocenters. The van der Waals surface area contributed by atoms with Crippen molar-refractivity contribution in [1.82, 2.24) is 15.1 Å². The Balaban J connectivity index is 2.14. The molecule has 2 aromatic rings. The number of amides is 1. The van der Waals surface area contributed by atoms with E-state index in [2.05, 4.69) is 30.3 Å². The Morgan fingerprint density at radius 1 is 1.32 bits per heavy atom. The maximum Gasteiger partial charge on any atom is 0.251 e. The number of nitrogens with two attached hydrogens (primary N) is 1. The molecular formula is C20H30N4O. The highest BCUT2D eigenvalue weighted by molar-refractivity contribution is 5.94. The second-order valence-corrected chi connectivity index (χ2v) is 7.60. The Kier molecular flexibility index (Phi) is 6.01. The molecule has 25 heavy (non-hydrogen) atoms. The summed E-state index contributed by atoms with van der Waals surface area (Å²) in [6, 6.07) is 9.75. The molecule has 0 aliphatic rings. The molecule has 1 aromatic heterocycles. The van der Waals surface area contributed by atoms with Crippen molar-refractivity contribution in [2.75, 3.05) is 6.54 Å². The highest BCUT2D eigenvalue weighted by Crippen LogP contribution is 2.17. The van der Waals surface area contributed by atoms with Crippen LogP contribution in [0.1, 0.15) is 54.5 Å². The first-order valence-electron chi connectivity index (χ1n) is 8.85. The largest absolute Gasteiger partial charge is 0.346 e. The molecule has 1 aromatic carbocycles. The Morgan fingerprint density at radius 2 is 2.04 bits per heavy atom. The summed E-state index contributed by atoms with van der Waals surface area (Å²) in [4.78, 5) is 12.7. The van der Waals surface area contributed by atoms with Gasteiger partial charge in [0.1, 0.15) is 0 Å². The van der Waals surface area contributed by atoms with E-state index in [1.54, 1.807) is 0 Å². The summed E-state index contributed by atoms with van der Waals surface area (Å²) in [5.41, 5.74) is 9.33. The van der Waals surface area contributed by atoms with Gasteiger partial charge in [-0.15, -0.1) is 0 Å². The lowest BCUT2D eigenvalue weighted by molar-refractivity contribution is 0.0898. The molecule has 2 rings (SSSR count). The van der Waals surface area contributed by atoms with Crippen molar-refractivity contribution >= 4 is 5.91 Å². The van der Waals surface area contributed by atoms with Crippen molar-refractivity contribution in [3.63, 3.8) is 0 Å². The van der Waals surface area contributed by atoms with Crippen LogP contribution in [0.5, 0.6) is 0 Å². The second-order valence-electron chi connectivity index (χ2n) is 7.60. The summed E-state index contributed by atoms with van der Waals surface area (Å²) >= 11 is 0. The zero-order valence-corrected chi connectivity index (χ0v) is 16.0. The molecule has 5 heteroatoms. The van der Waals surface area contributed by atoms with Gasteiger partial charge in [0.25, 0.3) is 5.91 Å². The Morgan fingerprint density at radius 3 is 2.60 bits per heavy atom. The number of nitrogens with zero attached hydrogens (tertiary/aromatic N) is 2. The van der Waals surface area contributed by atoms with Crippen LogP contribution in [0.2, 0.25) is 0 Å². The molecule has 0 aliphatic heterocycles. The first kappa shape index (κ1) is 19.2. The summed E-state index contributed by atoms with van der Waals surface area (Å²) in [5.74, 6) is 0.384. The number of rotatable bonds is 7. The van der Waals surface area contributed by atoms with Crippen LogP contribution in [0.3, 0.4) is 0 Å². The van der Waals surface area contributed by atoms with Crippen LogP contribution in [-0.4, -0.2) is 27.8 Å². The van der Waals surface area contributed by atoms with Gasteiger partial charge in [0.2, 0.25) is 0 Å². The Hall–Kier alpha value is -2.14. The number of hydrogen-bond acceptors (Lipinski definition) is 3. The molecule has 0 bridgehead atoms. The van der Waals surface area contributed by atoms with E-state index >= 15 is 0 Å². The van der Waals surface area contributed by atoms with Gasteiger partial charge in [-0.25, -0.2) is 0 Å². The molecular weight excluding hydrogens is 312 g/mol. The van der Waals surface area contributed by atoms with E-state index in [-0.39, 0.29) is 5.91 Å². The van der Waals surface area contributed by atoms with E-state index in [1.165, 1.54) is 0 Å². The lowest BCUT2D eigenvalue weighted by atomic mass is 9.90. The predicted octanol–water partition coefficient (Wildman–Crippen LogP) is 3.04. The van der Waals surface area contributed by atoms with E-state index in [9.17, 15) is 4.79 Å². The van der Waals surface area contributed by atoms with E-state index in [1.807, 2.05) is 49.7 Å². The Bertz CT molecular complexity index is 735. The minimum Gasteiger partial charge on any atom is -0.346 e. The molecule has 0 radical (unpaired) electrons. The molecule has 0 aliphatic carbocycles. The van der Waals surface area contributed by atoms with Gasteiger partial charge in [0.05, 0.1) is 12.2 Å². The van der Waals surface area contributed by atoms with Gasteiger partial charge in [-0.2, -0.15) is 5.10 Å². The minimum atomic E-state index is -0.392. The summed E-state index contributed by atoms with van der Waals surface area (Å²) in [7, 11) is 0. The highest BCUT2D eigenvalue weighted by Gasteiger charge is 2.26. The molecule has 1 heterocycles. The first-order chi connectivity index (χ1) is 11.7.